The lowest BCUT2D eigenvalue weighted by atomic mass is 9.49. The molecule has 0 saturated heterocycles. The molecular weight excluding hydrogens is 380 g/mol. The largest absolute Gasteiger partial charge is 0.481 e. The zero-order valence-corrected chi connectivity index (χ0v) is 13.2. The van der Waals surface area contributed by atoms with Crippen molar-refractivity contribution >= 4 is 43.8 Å². The van der Waals surface area contributed by atoms with Crippen LogP contribution in [0, 0.1) is 35.5 Å². The third kappa shape index (κ3) is 1.62. The number of hydrogen-bond donors (Lipinski definition) is 1. The molecule has 0 aliphatic heterocycles. The zero-order chi connectivity index (χ0) is 13.9. The van der Waals surface area contributed by atoms with Gasteiger partial charge in [0.1, 0.15) is 0 Å². The van der Waals surface area contributed by atoms with Gasteiger partial charge >= 0.3 is 11.9 Å². The fraction of sp³-hybridized carbons (Fsp3) is 0.538. The fourth-order valence-corrected chi connectivity index (χ4v) is 5.48. The third-order valence-electron chi connectivity index (χ3n) is 4.56. The normalized spacial score (nSPS) is 42.7. The summed E-state index contributed by atoms with van der Waals surface area (Å²) in [5, 5.41) is 9.47. The summed E-state index contributed by atoms with van der Waals surface area (Å²) >= 11 is 7.03. The Morgan fingerprint density at radius 2 is 1.58 bits per heavy atom. The number of esters is 1. The van der Waals surface area contributed by atoms with Crippen LogP contribution in [0.2, 0.25) is 0 Å². The van der Waals surface area contributed by atoms with Crippen LogP contribution in [0.25, 0.3) is 0 Å². The summed E-state index contributed by atoms with van der Waals surface area (Å²) in [6.07, 6.45) is 3.93. The quantitative estimate of drug-likeness (QED) is 0.580. The van der Waals surface area contributed by atoms with Crippen molar-refractivity contribution in [3.05, 3.63) is 21.1 Å². The molecule has 4 aliphatic rings. The van der Waals surface area contributed by atoms with E-state index >= 15 is 0 Å². The number of aliphatic carboxylic acids is 1. The summed E-state index contributed by atoms with van der Waals surface area (Å²) < 4.78 is 6.90. The van der Waals surface area contributed by atoms with E-state index < -0.39 is 23.8 Å². The minimum atomic E-state index is -0.920. The number of fused-ring (bicyclic) bond motifs is 1. The Balaban J connectivity index is 2.06. The topological polar surface area (TPSA) is 63.6 Å². The van der Waals surface area contributed by atoms with E-state index in [1.807, 2.05) is 12.2 Å². The van der Waals surface area contributed by atoms with Crippen molar-refractivity contribution in [1.82, 2.24) is 0 Å². The second-order valence-corrected chi connectivity index (χ2v) is 6.91. The van der Waals surface area contributed by atoms with E-state index in [1.54, 1.807) is 0 Å². The minimum Gasteiger partial charge on any atom is -0.481 e. The first-order valence-corrected chi connectivity index (χ1v) is 7.61. The van der Waals surface area contributed by atoms with Gasteiger partial charge in [0.05, 0.1) is 18.9 Å². The molecule has 19 heavy (non-hydrogen) atoms. The monoisotopic (exact) mass is 390 g/mol. The first-order chi connectivity index (χ1) is 8.99. The molecule has 102 valence electrons. The van der Waals surface area contributed by atoms with Gasteiger partial charge in [-0.1, -0.05) is 44.0 Å². The Kier molecular flexibility index (Phi) is 3.13. The van der Waals surface area contributed by atoms with Crippen molar-refractivity contribution in [2.24, 2.45) is 35.5 Å². The van der Waals surface area contributed by atoms with E-state index in [-0.39, 0.29) is 23.7 Å². The fourth-order valence-electron chi connectivity index (χ4n) is 3.77. The van der Waals surface area contributed by atoms with Crippen LogP contribution in [0.5, 0.6) is 0 Å². The molecule has 0 aromatic carbocycles. The molecular formula is C13H12Br2O4. The Bertz CT molecular complexity index is 525. The van der Waals surface area contributed by atoms with Gasteiger partial charge in [0.15, 0.2) is 0 Å². The first-order valence-electron chi connectivity index (χ1n) is 6.03. The lowest BCUT2D eigenvalue weighted by molar-refractivity contribution is -0.166. The number of carboxylic acid groups (broad SMARTS) is 1. The van der Waals surface area contributed by atoms with Gasteiger partial charge in [-0.05, 0) is 11.8 Å². The summed E-state index contributed by atoms with van der Waals surface area (Å²) in [4.78, 5) is 23.5. The third-order valence-corrected chi connectivity index (χ3v) is 7.00. The van der Waals surface area contributed by atoms with E-state index in [9.17, 15) is 14.7 Å². The molecule has 0 unspecified atom stereocenters. The zero-order valence-electron chi connectivity index (χ0n) is 10.0. The van der Waals surface area contributed by atoms with Crippen LogP contribution in [-0.2, 0) is 14.3 Å². The SMILES string of the molecule is COC(=O)[C@H]1[C@H]2C=C[C@H]([C@H]3C(Br)=C(Br)[C@H]23)[C@@H]1C(=O)O. The molecule has 4 nitrogen and oxygen atoms in total. The number of allylic oxidation sites excluding steroid dienone is 4. The predicted molar refractivity (Wildman–Crippen MR) is 74.6 cm³/mol. The maximum absolute atomic E-state index is 12.0. The number of ether oxygens (including phenoxy) is 1. The molecule has 0 spiro atoms. The summed E-state index contributed by atoms with van der Waals surface area (Å²) in [7, 11) is 1.31. The van der Waals surface area contributed by atoms with Crippen LogP contribution in [0.4, 0.5) is 0 Å². The number of methoxy groups -OCH3 is 1. The Hall–Kier alpha value is -0.620. The first kappa shape index (κ1) is 13.4. The molecule has 0 amide bonds. The highest BCUT2D eigenvalue weighted by molar-refractivity contribution is 9.14. The maximum atomic E-state index is 12.0. The van der Waals surface area contributed by atoms with Crippen molar-refractivity contribution in [2.45, 2.75) is 0 Å². The van der Waals surface area contributed by atoms with Gasteiger partial charge < -0.3 is 9.84 Å². The van der Waals surface area contributed by atoms with E-state index in [4.69, 9.17) is 4.74 Å². The number of halogens is 2. The molecule has 2 bridgehead atoms. The predicted octanol–water partition coefficient (Wildman–Crippen LogP) is 2.54. The summed E-state index contributed by atoms with van der Waals surface area (Å²) in [5.41, 5.74) is 0. The van der Waals surface area contributed by atoms with Crippen molar-refractivity contribution < 1.29 is 19.4 Å². The van der Waals surface area contributed by atoms with Crippen molar-refractivity contribution in [2.75, 3.05) is 7.11 Å². The van der Waals surface area contributed by atoms with E-state index in [1.165, 1.54) is 7.11 Å². The van der Waals surface area contributed by atoms with Crippen molar-refractivity contribution in [3.8, 4) is 0 Å². The van der Waals surface area contributed by atoms with E-state index in [2.05, 4.69) is 31.9 Å². The van der Waals surface area contributed by atoms with Crippen molar-refractivity contribution in [1.29, 1.82) is 0 Å². The molecule has 6 atom stereocenters. The highest BCUT2D eigenvalue weighted by Gasteiger charge is 2.62. The molecule has 0 heterocycles. The highest BCUT2D eigenvalue weighted by atomic mass is 79.9. The van der Waals surface area contributed by atoms with Crippen LogP contribution in [-0.4, -0.2) is 24.2 Å². The Morgan fingerprint density at radius 1 is 1.11 bits per heavy atom. The average molecular weight is 392 g/mol. The second-order valence-electron chi connectivity index (χ2n) is 5.20. The lowest BCUT2D eigenvalue weighted by Crippen LogP contribution is -2.56. The number of rotatable bonds is 2. The second kappa shape index (κ2) is 4.45. The number of carboxylic acids is 1. The Morgan fingerprint density at radius 3 is 2.00 bits per heavy atom. The summed E-state index contributed by atoms with van der Waals surface area (Å²) in [6, 6.07) is 0. The molecule has 0 aromatic rings. The lowest BCUT2D eigenvalue weighted by Gasteiger charge is -2.56. The van der Waals surface area contributed by atoms with Gasteiger partial charge in [-0.2, -0.15) is 0 Å². The average Bonchev–Trinajstić information content (AvgIpc) is 2.43. The van der Waals surface area contributed by atoms with Crippen LogP contribution in [0.15, 0.2) is 21.1 Å². The highest BCUT2D eigenvalue weighted by Crippen LogP contribution is 2.64. The number of carbonyl (C=O) groups is 2. The van der Waals surface area contributed by atoms with Gasteiger partial charge in [0, 0.05) is 20.8 Å². The summed E-state index contributed by atoms with van der Waals surface area (Å²) in [6.45, 7) is 0. The molecule has 4 rings (SSSR count). The molecule has 0 radical (unpaired) electrons. The van der Waals surface area contributed by atoms with Crippen LogP contribution < -0.4 is 0 Å². The van der Waals surface area contributed by atoms with Crippen LogP contribution >= 0.6 is 31.9 Å². The van der Waals surface area contributed by atoms with E-state index in [0.29, 0.717) is 0 Å². The molecule has 1 N–H and O–H groups in total. The number of hydrogen-bond acceptors (Lipinski definition) is 3. The maximum Gasteiger partial charge on any atom is 0.310 e. The summed E-state index contributed by atoms with van der Waals surface area (Å²) in [5.74, 6) is -2.50. The van der Waals surface area contributed by atoms with Gasteiger partial charge in [0.2, 0.25) is 0 Å². The molecule has 1 fully saturated rings. The standard InChI is InChI=1S/C13H12Br2O4/c1-19-13(18)9-5-3-2-4(8(9)12(16)17)6-7(5)11(15)10(6)14/h2-9H,1H3,(H,16,17)/t4-,5+,6-,7-,8+,9+/m1/s1. The van der Waals surface area contributed by atoms with E-state index in [0.717, 1.165) is 8.96 Å². The van der Waals surface area contributed by atoms with Crippen LogP contribution in [0.3, 0.4) is 0 Å². The van der Waals surface area contributed by atoms with Crippen LogP contribution in [0.1, 0.15) is 0 Å². The Labute approximate surface area is 127 Å². The van der Waals surface area contributed by atoms with Crippen molar-refractivity contribution in [3.63, 3.8) is 0 Å². The molecule has 6 heteroatoms. The van der Waals surface area contributed by atoms with Gasteiger partial charge in [-0.25, -0.2) is 0 Å². The van der Waals surface area contributed by atoms with Gasteiger partial charge in [-0.15, -0.1) is 0 Å². The van der Waals surface area contributed by atoms with Gasteiger partial charge in [-0.3, -0.25) is 9.59 Å². The molecule has 1 saturated carbocycles. The molecule has 0 aromatic heterocycles. The minimum absolute atomic E-state index is 0.0979. The van der Waals surface area contributed by atoms with Gasteiger partial charge in [0.25, 0.3) is 0 Å². The molecule has 4 aliphatic carbocycles. The number of carbonyl (C=O) groups excluding carboxylic acids is 1. The smallest absolute Gasteiger partial charge is 0.310 e.